The Kier molecular flexibility index (Phi) is 3.96. The minimum atomic E-state index is -0.720. The molecule has 0 aliphatic rings. The molecule has 0 aromatic heterocycles. The van der Waals surface area contributed by atoms with Gasteiger partial charge in [-0.25, -0.2) is 0 Å². The fraction of sp³-hybridized carbons (Fsp3) is 0.364. The van der Waals surface area contributed by atoms with Crippen molar-refractivity contribution in [1.82, 2.24) is 0 Å². The van der Waals surface area contributed by atoms with E-state index in [2.05, 4.69) is 11.4 Å². The Morgan fingerprint density at radius 3 is 2.53 bits per heavy atom. The van der Waals surface area contributed by atoms with Crippen molar-refractivity contribution in [3.63, 3.8) is 0 Å². The van der Waals surface area contributed by atoms with Crippen LogP contribution in [0.25, 0.3) is 0 Å². The van der Waals surface area contributed by atoms with Gasteiger partial charge in [-0.3, -0.25) is 0 Å². The molecule has 0 saturated heterocycles. The van der Waals surface area contributed by atoms with Gasteiger partial charge in [0.25, 0.3) is 0 Å². The molecule has 4 heteroatoms. The maximum Gasteiger partial charge on any atom is 0.146 e. The van der Waals surface area contributed by atoms with Gasteiger partial charge in [0.05, 0.1) is 12.7 Å². The lowest BCUT2D eigenvalue weighted by molar-refractivity contribution is 0.171. The average molecular weight is 225 g/mol. The van der Waals surface area contributed by atoms with Gasteiger partial charge in [0.1, 0.15) is 5.54 Å². The number of rotatable bonds is 4. The number of ether oxygens (including phenoxy) is 1. The molecule has 0 bridgehead atoms. The van der Waals surface area contributed by atoms with Crippen LogP contribution < -0.4 is 5.32 Å². The molecule has 0 amide bonds. The Morgan fingerprint density at radius 1 is 1.47 bits per heavy atom. The summed E-state index contributed by atoms with van der Waals surface area (Å²) in [5.74, 6) is 0. The highest BCUT2D eigenvalue weighted by atomic mass is 35.5. The minimum Gasteiger partial charge on any atom is -0.381 e. The van der Waals surface area contributed by atoms with Gasteiger partial charge in [-0.1, -0.05) is 11.6 Å². The number of nitrogens with one attached hydrogen (secondary N) is 1. The Hall–Kier alpha value is -1.24. The highest BCUT2D eigenvalue weighted by Gasteiger charge is 2.23. The molecular weight excluding hydrogens is 212 g/mol. The first-order valence-electron chi connectivity index (χ1n) is 4.53. The van der Waals surface area contributed by atoms with Gasteiger partial charge in [0.15, 0.2) is 0 Å². The van der Waals surface area contributed by atoms with Gasteiger partial charge in [0.2, 0.25) is 0 Å². The molecule has 0 radical (unpaired) electrons. The van der Waals surface area contributed by atoms with Crippen molar-refractivity contribution in [3.05, 3.63) is 29.3 Å². The topological polar surface area (TPSA) is 45.0 Å². The number of anilines is 1. The normalized spacial score (nSPS) is 14.0. The summed E-state index contributed by atoms with van der Waals surface area (Å²) >= 11 is 5.76. The summed E-state index contributed by atoms with van der Waals surface area (Å²) in [6.45, 7) is 2.11. The molecule has 0 heterocycles. The quantitative estimate of drug-likeness (QED) is 0.855. The van der Waals surface area contributed by atoms with Crippen molar-refractivity contribution in [2.75, 3.05) is 19.0 Å². The van der Waals surface area contributed by atoms with Crippen molar-refractivity contribution in [2.45, 2.75) is 12.5 Å². The van der Waals surface area contributed by atoms with Crippen LogP contribution in [0.2, 0.25) is 5.02 Å². The van der Waals surface area contributed by atoms with E-state index in [0.717, 1.165) is 5.69 Å². The highest BCUT2D eigenvalue weighted by Crippen LogP contribution is 2.18. The summed E-state index contributed by atoms with van der Waals surface area (Å²) in [5, 5.41) is 12.8. The molecule has 1 aromatic carbocycles. The molecule has 0 fully saturated rings. The zero-order chi connectivity index (χ0) is 11.3. The number of methoxy groups -OCH3 is 1. The maximum absolute atomic E-state index is 9.01. The molecule has 15 heavy (non-hydrogen) atoms. The molecule has 3 nitrogen and oxygen atoms in total. The smallest absolute Gasteiger partial charge is 0.146 e. The predicted molar refractivity (Wildman–Crippen MR) is 61.0 cm³/mol. The second-order valence-corrected chi connectivity index (χ2v) is 3.95. The number of nitrogens with zero attached hydrogens (tertiary/aromatic N) is 1. The van der Waals surface area contributed by atoms with Gasteiger partial charge in [-0.05, 0) is 31.2 Å². The zero-order valence-electron chi connectivity index (χ0n) is 8.75. The summed E-state index contributed by atoms with van der Waals surface area (Å²) in [6, 6.07) is 9.37. The number of benzene rings is 1. The van der Waals surface area contributed by atoms with Gasteiger partial charge < -0.3 is 10.1 Å². The molecule has 80 valence electrons. The van der Waals surface area contributed by atoms with Crippen LogP contribution in [-0.2, 0) is 4.74 Å². The van der Waals surface area contributed by atoms with Crippen LogP contribution in [0.3, 0.4) is 0 Å². The Balaban J connectivity index is 2.76. The number of halogens is 1. The molecule has 1 N–H and O–H groups in total. The molecule has 1 unspecified atom stereocenters. The molecule has 0 saturated carbocycles. The van der Waals surface area contributed by atoms with Crippen molar-refractivity contribution < 1.29 is 4.74 Å². The second-order valence-electron chi connectivity index (χ2n) is 3.51. The predicted octanol–water partition coefficient (Wildman–Crippen LogP) is 2.68. The lowest BCUT2D eigenvalue weighted by Gasteiger charge is -2.23. The van der Waals surface area contributed by atoms with Crippen LogP contribution in [0.5, 0.6) is 0 Å². The van der Waals surface area contributed by atoms with Crippen molar-refractivity contribution in [2.24, 2.45) is 0 Å². The molecular formula is C11H13ClN2O. The van der Waals surface area contributed by atoms with E-state index in [0.29, 0.717) is 11.6 Å². The Morgan fingerprint density at radius 2 is 2.07 bits per heavy atom. The molecule has 0 aliphatic carbocycles. The van der Waals surface area contributed by atoms with Crippen molar-refractivity contribution >= 4 is 17.3 Å². The van der Waals surface area contributed by atoms with E-state index < -0.39 is 5.54 Å². The zero-order valence-corrected chi connectivity index (χ0v) is 9.51. The first-order valence-corrected chi connectivity index (χ1v) is 4.91. The summed E-state index contributed by atoms with van der Waals surface area (Å²) in [6.07, 6.45) is 0. The van der Waals surface area contributed by atoms with E-state index in [1.54, 1.807) is 26.2 Å². The van der Waals surface area contributed by atoms with E-state index >= 15 is 0 Å². The lowest BCUT2D eigenvalue weighted by atomic mass is 10.1. The number of nitriles is 1. The van der Waals surface area contributed by atoms with Crippen LogP contribution in [-0.4, -0.2) is 19.3 Å². The van der Waals surface area contributed by atoms with E-state index in [-0.39, 0.29) is 0 Å². The summed E-state index contributed by atoms with van der Waals surface area (Å²) in [7, 11) is 1.57. The van der Waals surface area contributed by atoms with Gasteiger partial charge in [0, 0.05) is 17.8 Å². The van der Waals surface area contributed by atoms with Crippen LogP contribution in [0.4, 0.5) is 5.69 Å². The molecule has 1 rings (SSSR count). The van der Waals surface area contributed by atoms with E-state index in [9.17, 15) is 0 Å². The lowest BCUT2D eigenvalue weighted by Crippen LogP contribution is -2.37. The largest absolute Gasteiger partial charge is 0.381 e. The third kappa shape index (κ3) is 3.43. The first kappa shape index (κ1) is 11.8. The van der Waals surface area contributed by atoms with Crippen LogP contribution in [0.15, 0.2) is 24.3 Å². The fourth-order valence-corrected chi connectivity index (χ4v) is 1.36. The third-order valence-corrected chi connectivity index (χ3v) is 2.20. The Bertz CT molecular complexity index is 358. The average Bonchev–Trinajstić information content (AvgIpc) is 2.22. The van der Waals surface area contributed by atoms with Gasteiger partial charge in [-0.15, -0.1) is 0 Å². The van der Waals surface area contributed by atoms with E-state index in [4.69, 9.17) is 21.6 Å². The molecule has 1 atom stereocenters. The number of hydrogen-bond acceptors (Lipinski definition) is 3. The van der Waals surface area contributed by atoms with E-state index in [1.165, 1.54) is 0 Å². The monoisotopic (exact) mass is 224 g/mol. The summed E-state index contributed by atoms with van der Waals surface area (Å²) in [4.78, 5) is 0. The molecule has 1 aromatic rings. The fourth-order valence-electron chi connectivity index (χ4n) is 1.24. The van der Waals surface area contributed by atoms with Crippen molar-refractivity contribution in [1.29, 1.82) is 5.26 Å². The number of hydrogen-bond donors (Lipinski definition) is 1. The summed E-state index contributed by atoms with van der Waals surface area (Å²) < 4.78 is 4.98. The molecule has 0 aliphatic heterocycles. The standard InChI is InChI=1S/C11H13ClN2O/c1-11(7-13,8-15-2)14-10-5-3-9(12)4-6-10/h3-6,14H,8H2,1-2H3. The van der Waals surface area contributed by atoms with Gasteiger partial charge in [-0.2, -0.15) is 5.26 Å². The summed E-state index contributed by atoms with van der Waals surface area (Å²) in [5.41, 5.74) is 0.128. The SMILES string of the molecule is COCC(C)(C#N)Nc1ccc(Cl)cc1. The van der Waals surface area contributed by atoms with Crippen molar-refractivity contribution in [3.8, 4) is 6.07 Å². The highest BCUT2D eigenvalue weighted by molar-refractivity contribution is 6.30. The molecule has 0 spiro atoms. The van der Waals surface area contributed by atoms with E-state index in [1.807, 2.05) is 12.1 Å². The Labute approximate surface area is 94.6 Å². The van der Waals surface area contributed by atoms with Crippen LogP contribution in [0, 0.1) is 11.3 Å². The first-order chi connectivity index (χ1) is 7.09. The second kappa shape index (κ2) is 5.01. The van der Waals surface area contributed by atoms with Gasteiger partial charge >= 0.3 is 0 Å². The van der Waals surface area contributed by atoms with Crippen LogP contribution >= 0.6 is 11.6 Å². The minimum absolute atomic E-state index is 0.326. The third-order valence-electron chi connectivity index (χ3n) is 1.94. The van der Waals surface area contributed by atoms with Crippen LogP contribution in [0.1, 0.15) is 6.92 Å². The maximum atomic E-state index is 9.01.